The molecule has 0 saturated carbocycles. The SMILES string of the molecule is CCc1ccc(OC)c(C(CN)Cc2ccccc2Cl)c1. The fourth-order valence-corrected chi connectivity index (χ4v) is 2.79. The highest BCUT2D eigenvalue weighted by Crippen LogP contribution is 2.31. The van der Waals surface area contributed by atoms with Gasteiger partial charge in [-0.05, 0) is 48.2 Å². The Morgan fingerprint density at radius 3 is 2.57 bits per heavy atom. The van der Waals surface area contributed by atoms with Crippen molar-refractivity contribution in [3.8, 4) is 5.75 Å². The molecule has 0 spiro atoms. The highest BCUT2D eigenvalue weighted by atomic mass is 35.5. The average molecular weight is 304 g/mol. The van der Waals surface area contributed by atoms with E-state index in [-0.39, 0.29) is 5.92 Å². The number of ether oxygens (including phenoxy) is 1. The van der Waals surface area contributed by atoms with Crippen molar-refractivity contribution < 1.29 is 4.74 Å². The van der Waals surface area contributed by atoms with Crippen LogP contribution in [0.1, 0.15) is 29.5 Å². The van der Waals surface area contributed by atoms with Gasteiger partial charge in [-0.1, -0.05) is 48.9 Å². The third-order valence-corrected chi connectivity index (χ3v) is 4.22. The van der Waals surface area contributed by atoms with Gasteiger partial charge in [0.25, 0.3) is 0 Å². The Bertz CT molecular complexity index is 598. The maximum absolute atomic E-state index is 6.27. The molecular formula is C18H22ClNO. The Morgan fingerprint density at radius 1 is 1.19 bits per heavy atom. The van der Waals surface area contributed by atoms with Gasteiger partial charge < -0.3 is 10.5 Å². The smallest absolute Gasteiger partial charge is 0.122 e. The summed E-state index contributed by atoms with van der Waals surface area (Å²) >= 11 is 6.27. The van der Waals surface area contributed by atoms with Gasteiger partial charge in [0.05, 0.1) is 7.11 Å². The molecule has 0 aliphatic carbocycles. The van der Waals surface area contributed by atoms with Gasteiger partial charge in [0.15, 0.2) is 0 Å². The first-order valence-electron chi connectivity index (χ1n) is 7.29. The molecule has 2 nitrogen and oxygen atoms in total. The van der Waals surface area contributed by atoms with Gasteiger partial charge in [-0.3, -0.25) is 0 Å². The predicted octanol–water partition coefficient (Wildman–Crippen LogP) is 4.20. The van der Waals surface area contributed by atoms with E-state index in [1.165, 1.54) is 11.1 Å². The normalized spacial score (nSPS) is 12.2. The van der Waals surface area contributed by atoms with Crippen LogP contribution in [0.25, 0.3) is 0 Å². The summed E-state index contributed by atoms with van der Waals surface area (Å²) in [5, 5.41) is 0.793. The number of hydrogen-bond donors (Lipinski definition) is 1. The third kappa shape index (κ3) is 3.78. The van der Waals surface area contributed by atoms with E-state index in [1.807, 2.05) is 24.3 Å². The fourth-order valence-electron chi connectivity index (χ4n) is 2.57. The van der Waals surface area contributed by atoms with Gasteiger partial charge in [-0.15, -0.1) is 0 Å². The van der Waals surface area contributed by atoms with Crippen LogP contribution in [0.15, 0.2) is 42.5 Å². The number of rotatable bonds is 6. The molecule has 21 heavy (non-hydrogen) atoms. The summed E-state index contributed by atoms with van der Waals surface area (Å²) in [7, 11) is 1.70. The van der Waals surface area contributed by atoms with Crippen molar-refractivity contribution in [1.29, 1.82) is 0 Å². The summed E-state index contributed by atoms with van der Waals surface area (Å²) in [5.41, 5.74) is 9.60. The maximum atomic E-state index is 6.27. The molecule has 1 atom stereocenters. The summed E-state index contributed by atoms with van der Waals surface area (Å²) in [6.45, 7) is 2.71. The molecule has 112 valence electrons. The van der Waals surface area contributed by atoms with E-state index in [2.05, 4.69) is 25.1 Å². The summed E-state index contributed by atoms with van der Waals surface area (Å²) in [6.07, 6.45) is 1.82. The Labute approximate surface area is 131 Å². The Kier molecular flexibility index (Phi) is 5.66. The number of benzene rings is 2. The molecule has 0 saturated heterocycles. The van der Waals surface area contributed by atoms with Crippen molar-refractivity contribution in [2.45, 2.75) is 25.7 Å². The van der Waals surface area contributed by atoms with Gasteiger partial charge in [0.1, 0.15) is 5.75 Å². The third-order valence-electron chi connectivity index (χ3n) is 3.85. The van der Waals surface area contributed by atoms with Crippen LogP contribution < -0.4 is 10.5 Å². The monoisotopic (exact) mass is 303 g/mol. The van der Waals surface area contributed by atoms with Crippen LogP contribution in [0.4, 0.5) is 0 Å². The zero-order valence-electron chi connectivity index (χ0n) is 12.6. The lowest BCUT2D eigenvalue weighted by atomic mass is 9.90. The second kappa shape index (κ2) is 7.48. The molecule has 0 fully saturated rings. The number of halogens is 1. The summed E-state index contributed by atoms with van der Waals surface area (Å²) in [4.78, 5) is 0. The van der Waals surface area contributed by atoms with Crippen LogP contribution in [0, 0.1) is 0 Å². The second-order valence-corrected chi connectivity index (χ2v) is 5.57. The molecule has 0 amide bonds. The largest absolute Gasteiger partial charge is 0.496 e. The molecule has 0 aliphatic heterocycles. The summed E-state index contributed by atoms with van der Waals surface area (Å²) in [6, 6.07) is 14.3. The lowest BCUT2D eigenvalue weighted by molar-refractivity contribution is 0.405. The van der Waals surface area contributed by atoms with Crippen molar-refractivity contribution >= 4 is 11.6 Å². The molecule has 1 unspecified atom stereocenters. The minimum absolute atomic E-state index is 0.200. The summed E-state index contributed by atoms with van der Waals surface area (Å²) < 4.78 is 5.51. The topological polar surface area (TPSA) is 35.2 Å². The number of hydrogen-bond acceptors (Lipinski definition) is 2. The molecule has 2 aromatic carbocycles. The van der Waals surface area contributed by atoms with E-state index in [4.69, 9.17) is 22.1 Å². The van der Waals surface area contributed by atoms with E-state index in [1.54, 1.807) is 7.11 Å². The lowest BCUT2D eigenvalue weighted by Gasteiger charge is -2.20. The zero-order chi connectivity index (χ0) is 15.2. The Balaban J connectivity index is 2.34. The van der Waals surface area contributed by atoms with Crippen LogP contribution in [-0.4, -0.2) is 13.7 Å². The van der Waals surface area contributed by atoms with Crippen molar-refractivity contribution in [2.24, 2.45) is 5.73 Å². The average Bonchev–Trinajstić information content (AvgIpc) is 2.53. The zero-order valence-corrected chi connectivity index (χ0v) is 13.4. The van der Waals surface area contributed by atoms with Crippen molar-refractivity contribution in [3.05, 3.63) is 64.2 Å². The van der Waals surface area contributed by atoms with Crippen molar-refractivity contribution in [1.82, 2.24) is 0 Å². The highest BCUT2D eigenvalue weighted by molar-refractivity contribution is 6.31. The van der Waals surface area contributed by atoms with Gasteiger partial charge in [0, 0.05) is 10.9 Å². The fraction of sp³-hybridized carbons (Fsp3) is 0.333. The van der Waals surface area contributed by atoms with Gasteiger partial charge in [-0.25, -0.2) is 0 Å². The number of nitrogens with two attached hydrogens (primary N) is 1. The minimum atomic E-state index is 0.200. The van der Waals surface area contributed by atoms with E-state index < -0.39 is 0 Å². The molecule has 2 N–H and O–H groups in total. The van der Waals surface area contributed by atoms with E-state index in [0.717, 1.165) is 29.2 Å². The Morgan fingerprint density at radius 2 is 1.95 bits per heavy atom. The number of aryl methyl sites for hydroxylation is 1. The van der Waals surface area contributed by atoms with Crippen LogP contribution in [0.5, 0.6) is 5.75 Å². The van der Waals surface area contributed by atoms with E-state index in [0.29, 0.717) is 6.54 Å². The first-order valence-corrected chi connectivity index (χ1v) is 7.67. The predicted molar refractivity (Wildman–Crippen MR) is 89.3 cm³/mol. The van der Waals surface area contributed by atoms with Gasteiger partial charge in [-0.2, -0.15) is 0 Å². The van der Waals surface area contributed by atoms with Crippen LogP contribution in [0.2, 0.25) is 5.02 Å². The molecule has 0 radical (unpaired) electrons. The molecule has 0 aromatic heterocycles. The summed E-state index contributed by atoms with van der Waals surface area (Å²) in [5.74, 6) is 1.10. The molecular weight excluding hydrogens is 282 g/mol. The van der Waals surface area contributed by atoms with Crippen LogP contribution in [-0.2, 0) is 12.8 Å². The molecule has 2 aromatic rings. The standard InChI is InChI=1S/C18H22ClNO/c1-3-13-8-9-18(21-2)16(10-13)15(12-20)11-14-6-4-5-7-17(14)19/h4-10,15H,3,11-12,20H2,1-2H3. The minimum Gasteiger partial charge on any atom is -0.496 e. The van der Waals surface area contributed by atoms with Crippen molar-refractivity contribution in [3.63, 3.8) is 0 Å². The first-order chi connectivity index (χ1) is 10.2. The molecule has 2 rings (SSSR count). The molecule has 3 heteroatoms. The Hall–Kier alpha value is -1.51. The maximum Gasteiger partial charge on any atom is 0.122 e. The highest BCUT2D eigenvalue weighted by Gasteiger charge is 2.17. The van der Waals surface area contributed by atoms with Gasteiger partial charge >= 0.3 is 0 Å². The van der Waals surface area contributed by atoms with Crippen molar-refractivity contribution in [2.75, 3.05) is 13.7 Å². The van der Waals surface area contributed by atoms with Crippen LogP contribution in [0.3, 0.4) is 0 Å². The molecule has 0 aliphatic rings. The quantitative estimate of drug-likeness (QED) is 0.868. The second-order valence-electron chi connectivity index (χ2n) is 5.16. The molecule has 0 bridgehead atoms. The molecule has 0 heterocycles. The number of methoxy groups -OCH3 is 1. The van der Waals surface area contributed by atoms with Crippen LogP contribution >= 0.6 is 11.6 Å². The van der Waals surface area contributed by atoms with E-state index in [9.17, 15) is 0 Å². The van der Waals surface area contributed by atoms with Gasteiger partial charge in [0.2, 0.25) is 0 Å². The first kappa shape index (κ1) is 15.9. The lowest BCUT2D eigenvalue weighted by Crippen LogP contribution is -2.16. The van der Waals surface area contributed by atoms with E-state index >= 15 is 0 Å².